The molecule has 0 fully saturated rings. The number of hydrogen-bond donors (Lipinski definition) is 0. The molecule has 0 spiro atoms. The van der Waals surface area contributed by atoms with Crippen LogP contribution in [0.15, 0.2) is 36.5 Å². The van der Waals surface area contributed by atoms with Gasteiger partial charge in [-0.05, 0) is 48.3 Å². The maximum Gasteiger partial charge on any atom is -0.0144 e. The third kappa shape index (κ3) is 2.96. The van der Waals surface area contributed by atoms with Gasteiger partial charge in [-0.3, -0.25) is 0 Å². The Morgan fingerprint density at radius 1 is 0.722 bits per heavy atom. The summed E-state index contributed by atoms with van der Waals surface area (Å²) in [4.78, 5) is 0. The largest absolute Gasteiger partial charge is 0.0880 e. The van der Waals surface area contributed by atoms with Gasteiger partial charge in [0.2, 0.25) is 0 Å². The lowest BCUT2D eigenvalue weighted by atomic mass is 9.68. The highest BCUT2D eigenvalue weighted by Gasteiger charge is 2.30. The quantitative estimate of drug-likeness (QED) is 0.560. The Hall–Kier alpha value is -0.780. The number of allylic oxidation sites excluding steroid dienone is 6. The molecule has 100 valence electrons. The molecule has 2 rings (SSSR count). The van der Waals surface area contributed by atoms with Crippen molar-refractivity contribution in [2.75, 3.05) is 0 Å². The molecule has 2 aliphatic rings. The van der Waals surface area contributed by atoms with Gasteiger partial charge < -0.3 is 0 Å². The first-order chi connectivity index (χ1) is 8.42. The van der Waals surface area contributed by atoms with Crippen LogP contribution in [0.2, 0.25) is 0 Å². The molecule has 0 saturated heterocycles. The predicted octanol–water partition coefficient (Wildman–Crippen LogP) is 5.53. The summed E-state index contributed by atoms with van der Waals surface area (Å²) in [6.45, 7) is 9.60. The molecule has 0 heteroatoms. The Kier molecular flexibility index (Phi) is 3.84. The van der Waals surface area contributed by atoms with Crippen molar-refractivity contribution in [3.05, 3.63) is 36.5 Å². The predicted molar refractivity (Wildman–Crippen MR) is 80.4 cm³/mol. The average molecular weight is 244 g/mol. The molecule has 0 aliphatic heterocycles. The molecule has 0 radical (unpaired) electrons. The molecule has 0 N–H and O–H groups in total. The third-order valence-electron chi connectivity index (χ3n) is 4.98. The van der Waals surface area contributed by atoms with E-state index in [9.17, 15) is 0 Å². The molecule has 0 bridgehead atoms. The molecule has 2 aliphatic carbocycles. The van der Waals surface area contributed by atoms with E-state index in [1.165, 1.54) is 25.7 Å². The lowest BCUT2D eigenvalue weighted by Gasteiger charge is -2.36. The van der Waals surface area contributed by atoms with E-state index in [0.29, 0.717) is 22.7 Å². The van der Waals surface area contributed by atoms with Gasteiger partial charge >= 0.3 is 0 Å². The van der Waals surface area contributed by atoms with E-state index in [1.807, 2.05) is 0 Å². The van der Waals surface area contributed by atoms with Crippen molar-refractivity contribution in [3.8, 4) is 0 Å². The summed E-state index contributed by atoms with van der Waals surface area (Å²) in [7, 11) is 0. The summed E-state index contributed by atoms with van der Waals surface area (Å²) in [5.41, 5.74) is 0.861. The maximum absolute atomic E-state index is 2.51. The van der Waals surface area contributed by atoms with Gasteiger partial charge in [0.05, 0.1) is 0 Å². The molecule has 2 atom stereocenters. The van der Waals surface area contributed by atoms with E-state index >= 15 is 0 Å². The topological polar surface area (TPSA) is 0 Å². The standard InChI is InChI=1S/C18H28/c1-17(2)13-7-5-9-15(17)11-12-16-10-6-8-14-18(16,3)4/h5-8,11-12,15-16H,9-10,13-14H2,1-4H3. The van der Waals surface area contributed by atoms with Crippen molar-refractivity contribution in [1.82, 2.24) is 0 Å². The van der Waals surface area contributed by atoms with Crippen molar-refractivity contribution in [1.29, 1.82) is 0 Å². The maximum atomic E-state index is 2.51. The van der Waals surface area contributed by atoms with Gasteiger partial charge in [-0.1, -0.05) is 64.2 Å². The minimum absolute atomic E-state index is 0.430. The normalized spacial score (nSPS) is 34.0. The van der Waals surface area contributed by atoms with Crippen molar-refractivity contribution in [2.45, 2.75) is 53.4 Å². The van der Waals surface area contributed by atoms with E-state index in [2.05, 4.69) is 64.2 Å². The van der Waals surface area contributed by atoms with Gasteiger partial charge in [0, 0.05) is 0 Å². The van der Waals surface area contributed by atoms with Gasteiger partial charge in [0.15, 0.2) is 0 Å². The van der Waals surface area contributed by atoms with Crippen LogP contribution < -0.4 is 0 Å². The highest BCUT2D eigenvalue weighted by atomic mass is 14.4. The Bertz CT molecular complexity index is 329. The van der Waals surface area contributed by atoms with Crippen LogP contribution in [0.5, 0.6) is 0 Å². The van der Waals surface area contributed by atoms with E-state index in [1.54, 1.807) is 0 Å². The molecule has 0 aromatic rings. The Morgan fingerprint density at radius 3 is 1.44 bits per heavy atom. The summed E-state index contributed by atoms with van der Waals surface area (Å²) in [6.07, 6.45) is 19.3. The van der Waals surface area contributed by atoms with Crippen LogP contribution >= 0.6 is 0 Å². The first-order valence-corrected chi connectivity index (χ1v) is 7.40. The van der Waals surface area contributed by atoms with Crippen molar-refractivity contribution in [2.24, 2.45) is 22.7 Å². The smallest absolute Gasteiger partial charge is 0.0144 e. The number of rotatable bonds is 2. The summed E-state index contributed by atoms with van der Waals surface area (Å²) in [6, 6.07) is 0. The van der Waals surface area contributed by atoms with Crippen LogP contribution in [0.4, 0.5) is 0 Å². The molecule has 0 saturated carbocycles. The zero-order valence-electron chi connectivity index (χ0n) is 12.4. The van der Waals surface area contributed by atoms with Crippen molar-refractivity contribution in [3.63, 3.8) is 0 Å². The van der Waals surface area contributed by atoms with Gasteiger partial charge in [-0.25, -0.2) is 0 Å². The van der Waals surface area contributed by atoms with Crippen LogP contribution in [0, 0.1) is 22.7 Å². The fourth-order valence-corrected chi connectivity index (χ4v) is 3.15. The summed E-state index contributed by atoms with van der Waals surface area (Å²) in [5.74, 6) is 1.42. The van der Waals surface area contributed by atoms with Crippen molar-refractivity contribution < 1.29 is 0 Å². The third-order valence-corrected chi connectivity index (χ3v) is 4.98. The molecule has 0 nitrogen and oxygen atoms in total. The van der Waals surface area contributed by atoms with Crippen LogP contribution in [-0.4, -0.2) is 0 Å². The van der Waals surface area contributed by atoms with E-state index < -0.39 is 0 Å². The Balaban J connectivity index is 2.06. The molecule has 0 aromatic carbocycles. The molecule has 0 heterocycles. The fraction of sp³-hybridized carbons (Fsp3) is 0.667. The zero-order chi connectivity index (χ0) is 13.2. The molecule has 0 amide bonds. The van der Waals surface area contributed by atoms with Crippen LogP contribution in [0.3, 0.4) is 0 Å². The molecule has 2 unspecified atom stereocenters. The van der Waals surface area contributed by atoms with Crippen molar-refractivity contribution >= 4 is 0 Å². The minimum atomic E-state index is 0.430. The zero-order valence-corrected chi connectivity index (χ0v) is 12.4. The second kappa shape index (κ2) is 5.07. The van der Waals surface area contributed by atoms with Gasteiger partial charge in [-0.2, -0.15) is 0 Å². The second-order valence-corrected chi connectivity index (χ2v) is 7.40. The van der Waals surface area contributed by atoms with Gasteiger partial charge in [0.25, 0.3) is 0 Å². The van der Waals surface area contributed by atoms with Crippen LogP contribution in [-0.2, 0) is 0 Å². The lowest BCUT2D eigenvalue weighted by Crippen LogP contribution is -2.26. The van der Waals surface area contributed by atoms with Crippen LogP contribution in [0.25, 0.3) is 0 Å². The first-order valence-electron chi connectivity index (χ1n) is 7.40. The van der Waals surface area contributed by atoms with Gasteiger partial charge in [-0.15, -0.1) is 0 Å². The van der Waals surface area contributed by atoms with Crippen LogP contribution in [0.1, 0.15) is 53.4 Å². The highest BCUT2D eigenvalue weighted by molar-refractivity contribution is 5.11. The van der Waals surface area contributed by atoms with E-state index in [0.717, 1.165) is 0 Å². The second-order valence-electron chi connectivity index (χ2n) is 7.40. The minimum Gasteiger partial charge on any atom is -0.0880 e. The number of hydrogen-bond acceptors (Lipinski definition) is 0. The first kappa shape index (κ1) is 13.6. The van der Waals surface area contributed by atoms with Gasteiger partial charge in [0.1, 0.15) is 0 Å². The molecule has 18 heavy (non-hydrogen) atoms. The Labute approximate surface area is 113 Å². The van der Waals surface area contributed by atoms with E-state index in [-0.39, 0.29) is 0 Å². The SMILES string of the molecule is CC1(C)CC=CCC1C=CC1CC=CCC1(C)C. The molecular formula is C18H28. The van der Waals surface area contributed by atoms with E-state index in [4.69, 9.17) is 0 Å². The summed E-state index contributed by atoms with van der Waals surface area (Å²) < 4.78 is 0. The molecular weight excluding hydrogens is 216 g/mol. The lowest BCUT2D eigenvalue weighted by molar-refractivity contribution is 0.237. The fourth-order valence-electron chi connectivity index (χ4n) is 3.15. The Morgan fingerprint density at radius 2 is 1.11 bits per heavy atom. The average Bonchev–Trinajstić information content (AvgIpc) is 2.28. The monoisotopic (exact) mass is 244 g/mol. The molecule has 0 aromatic heterocycles. The summed E-state index contributed by atoms with van der Waals surface area (Å²) >= 11 is 0. The highest BCUT2D eigenvalue weighted by Crippen LogP contribution is 2.41. The summed E-state index contributed by atoms with van der Waals surface area (Å²) in [5, 5.41) is 0.